The number of hydrogen-bond acceptors (Lipinski definition) is 1. The molecule has 0 aromatic heterocycles. The van der Waals surface area contributed by atoms with Gasteiger partial charge in [-0.3, -0.25) is 0 Å². The van der Waals surface area contributed by atoms with Crippen molar-refractivity contribution in [3.05, 3.63) is 197 Å². The molecule has 0 amide bonds. The molecule has 1 aliphatic rings. The van der Waals surface area contributed by atoms with Gasteiger partial charge < -0.3 is 0 Å². The van der Waals surface area contributed by atoms with Gasteiger partial charge in [0.1, 0.15) is 24.5 Å². The van der Waals surface area contributed by atoms with Crippen molar-refractivity contribution < 1.29 is 4.58 Å². The number of aryl methyl sites for hydroxylation is 2. The van der Waals surface area contributed by atoms with Crippen LogP contribution in [0.1, 0.15) is 318 Å². The first-order chi connectivity index (χ1) is 37.6. The molecular formula is C81H115N2+. The summed E-state index contributed by atoms with van der Waals surface area (Å²) < 4.78 is 2.69. The molecule has 6 aromatic rings. The van der Waals surface area contributed by atoms with Crippen LogP contribution in [-0.2, 0) is 43.3 Å². The highest BCUT2D eigenvalue weighted by Crippen LogP contribution is 2.48. The van der Waals surface area contributed by atoms with E-state index in [4.69, 9.17) is 0 Å². The summed E-state index contributed by atoms with van der Waals surface area (Å²) >= 11 is 0. The molecule has 1 heterocycles. The monoisotopic (exact) mass is 1120 g/mol. The van der Waals surface area contributed by atoms with E-state index < -0.39 is 0 Å². The van der Waals surface area contributed by atoms with Crippen LogP contribution in [-0.4, -0.2) is 24.0 Å². The van der Waals surface area contributed by atoms with Gasteiger partial charge in [0.05, 0.1) is 0 Å². The van der Waals surface area contributed by atoms with Crippen LogP contribution in [0, 0.1) is 13.8 Å². The number of benzene rings is 6. The fourth-order valence-electron chi connectivity index (χ4n) is 12.3. The lowest BCUT2D eigenvalue weighted by atomic mass is 9.76. The molecule has 4 atom stereocenters. The van der Waals surface area contributed by atoms with Crippen LogP contribution < -0.4 is 4.90 Å². The van der Waals surface area contributed by atoms with Gasteiger partial charge in [-0.25, -0.2) is 9.48 Å². The Balaban J connectivity index is 1.59. The summed E-state index contributed by atoms with van der Waals surface area (Å²) in [6.07, 6.45) is 2.55. The van der Waals surface area contributed by atoms with Crippen LogP contribution in [0.2, 0.25) is 0 Å². The minimum atomic E-state index is -0.000615. The predicted octanol–water partition coefficient (Wildman–Crippen LogP) is 22.5. The molecule has 0 aliphatic carbocycles. The molecule has 2 heteroatoms. The summed E-state index contributed by atoms with van der Waals surface area (Å²) in [7, 11) is 0. The Morgan fingerprint density at radius 2 is 0.506 bits per heavy atom. The van der Waals surface area contributed by atoms with Crippen LogP contribution in [0.15, 0.2) is 97.1 Å². The van der Waals surface area contributed by atoms with Crippen LogP contribution in [0.5, 0.6) is 0 Å². The molecule has 2 nitrogen and oxygen atoms in total. The molecule has 0 bridgehead atoms. The second-order valence-corrected chi connectivity index (χ2v) is 34.3. The maximum Gasteiger partial charge on any atom is 0.244 e. The van der Waals surface area contributed by atoms with Gasteiger partial charge in [0.15, 0.2) is 0 Å². The van der Waals surface area contributed by atoms with Crippen molar-refractivity contribution in [3.8, 4) is 0 Å². The summed E-state index contributed by atoms with van der Waals surface area (Å²) in [5.41, 5.74) is 27.6. The third kappa shape index (κ3) is 14.6. The van der Waals surface area contributed by atoms with E-state index in [1.54, 1.807) is 0 Å². The number of nitrogens with zero attached hydrogens (tertiary/aromatic N) is 2. The zero-order chi connectivity index (χ0) is 62.4. The second-order valence-electron chi connectivity index (χ2n) is 34.3. The molecule has 0 N–H and O–H groups in total. The Kier molecular flexibility index (Phi) is 17.8. The summed E-state index contributed by atoms with van der Waals surface area (Å²) in [6, 6.07) is 40.3. The molecule has 6 aromatic carbocycles. The molecule has 0 radical (unpaired) electrons. The molecule has 0 fully saturated rings. The van der Waals surface area contributed by atoms with Crippen LogP contribution in [0.25, 0.3) is 0 Å². The van der Waals surface area contributed by atoms with Gasteiger partial charge in [-0.1, -0.05) is 302 Å². The van der Waals surface area contributed by atoms with Crippen LogP contribution in [0.3, 0.4) is 0 Å². The average Bonchev–Trinajstić information content (AvgIpc) is 3.90. The van der Waals surface area contributed by atoms with Crippen molar-refractivity contribution in [1.82, 2.24) is 0 Å². The van der Waals surface area contributed by atoms with E-state index in [9.17, 15) is 0 Å². The number of anilines is 1. The maximum absolute atomic E-state index is 2.69. The first kappa shape index (κ1) is 65.3. The first-order valence-corrected chi connectivity index (χ1v) is 32.0. The molecule has 0 saturated heterocycles. The Bertz CT molecular complexity index is 3050. The van der Waals surface area contributed by atoms with Gasteiger partial charge in [-0.2, -0.15) is 0 Å². The fraction of sp³-hybridized carbons (Fsp3) is 0.543. The highest BCUT2D eigenvalue weighted by Gasteiger charge is 2.37. The van der Waals surface area contributed by atoms with Crippen molar-refractivity contribution in [2.75, 3.05) is 18.0 Å². The summed E-state index contributed by atoms with van der Waals surface area (Å²) in [5.74, 6) is 0.491. The van der Waals surface area contributed by atoms with Crippen LogP contribution >= 0.6 is 0 Å². The van der Waals surface area contributed by atoms with E-state index in [0.717, 1.165) is 13.1 Å². The molecular weight excluding hydrogens is 1000 g/mol. The third-order valence-electron chi connectivity index (χ3n) is 18.7. The Morgan fingerprint density at radius 1 is 0.301 bits per heavy atom. The van der Waals surface area contributed by atoms with Gasteiger partial charge in [0.25, 0.3) is 0 Å². The van der Waals surface area contributed by atoms with E-state index in [0.29, 0.717) is 0 Å². The summed E-state index contributed by atoms with van der Waals surface area (Å²) in [4.78, 5) is 2.69. The first-order valence-electron chi connectivity index (χ1n) is 32.0. The van der Waals surface area contributed by atoms with Crippen molar-refractivity contribution in [2.45, 2.75) is 275 Å². The topological polar surface area (TPSA) is 6.25 Å². The Labute approximate surface area is 509 Å². The molecule has 7 rings (SSSR count). The molecule has 83 heavy (non-hydrogen) atoms. The number of hydrogen-bond donors (Lipinski definition) is 0. The minimum Gasteiger partial charge on any atom is -0.229 e. The highest BCUT2D eigenvalue weighted by molar-refractivity contribution is 5.84. The third-order valence-corrected chi connectivity index (χ3v) is 18.7. The lowest BCUT2D eigenvalue weighted by Gasteiger charge is -2.30. The van der Waals surface area contributed by atoms with E-state index in [1.807, 2.05) is 0 Å². The second kappa shape index (κ2) is 22.6. The van der Waals surface area contributed by atoms with Gasteiger partial charge in [-0.15, -0.1) is 0 Å². The SMILES string of the molecule is Cc1cc([C@H](C)c2cc(C(C)(C)C)cc(C(C)(C)C)c2)c(N2C=[N+](c3c([C@H](C)c4cc(C(C)(C)C)cc(C(C)(C)C)c4)cc(C)cc3[C@H](C)c3cc(C(C)(C)C)cc(C(C)(C)C)c3)CC2)c([C@H](C)c2cc(C(C)(C)C)cc(C(C)(C)C)c2)c1. The largest absolute Gasteiger partial charge is 0.244 e. The molecule has 0 saturated carbocycles. The predicted molar refractivity (Wildman–Crippen MR) is 366 cm³/mol. The molecule has 448 valence electrons. The van der Waals surface area contributed by atoms with Gasteiger partial charge in [-0.05, 0) is 124 Å². The average molecular weight is 1120 g/mol. The number of rotatable bonds is 10. The van der Waals surface area contributed by atoms with Crippen LogP contribution in [0.4, 0.5) is 11.4 Å². The van der Waals surface area contributed by atoms with Gasteiger partial charge in [0, 0.05) is 45.9 Å². The van der Waals surface area contributed by atoms with Gasteiger partial charge in [0.2, 0.25) is 6.34 Å². The lowest BCUT2D eigenvalue weighted by molar-refractivity contribution is -0.425. The van der Waals surface area contributed by atoms with Crippen molar-refractivity contribution in [1.29, 1.82) is 0 Å². The summed E-state index contributed by atoms with van der Waals surface area (Å²) in [6.45, 7) is 73.3. The van der Waals surface area contributed by atoms with E-state index in [2.05, 4.69) is 321 Å². The van der Waals surface area contributed by atoms with Crippen molar-refractivity contribution in [3.63, 3.8) is 0 Å². The smallest absolute Gasteiger partial charge is 0.229 e. The Hall–Kier alpha value is -5.21. The van der Waals surface area contributed by atoms with E-state index in [1.165, 1.54) is 112 Å². The molecule has 0 spiro atoms. The zero-order valence-corrected chi connectivity index (χ0v) is 58.4. The zero-order valence-electron chi connectivity index (χ0n) is 58.4. The molecule has 0 unspecified atom stereocenters. The highest BCUT2D eigenvalue weighted by atomic mass is 15.3. The van der Waals surface area contributed by atoms with E-state index >= 15 is 0 Å². The van der Waals surface area contributed by atoms with Gasteiger partial charge >= 0.3 is 0 Å². The normalized spacial score (nSPS) is 15.8. The van der Waals surface area contributed by atoms with Crippen molar-refractivity contribution >= 4 is 17.7 Å². The van der Waals surface area contributed by atoms with E-state index in [-0.39, 0.29) is 67.0 Å². The van der Waals surface area contributed by atoms with Crippen molar-refractivity contribution in [2.24, 2.45) is 0 Å². The quantitative estimate of drug-likeness (QED) is 0.124. The maximum atomic E-state index is 2.69. The molecule has 1 aliphatic heterocycles. The Morgan fingerprint density at radius 3 is 0.723 bits per heavy atom. The standard InChI is InChI=1S/C81H115N2/c1-50-33-68(52(3)56-37-60(74(7,8)9)45-61(38-56)75(10,11)12)72(69(34-50)53(4)57-39-62(76(13,14)15)46-63(40-57)77(16,17)18)82-31-32-83(49-82)73-70(54(5)58-41-64(78(19,20)21)47-65(42-58)79(22,23)24)35-51(2)36-71(73)55(6)59-43-66(80(25,26)27)48-67(44-59)81(28,29)30/h33-49,52-55H,31-32H2,1-30H3/q+1/t52-,53-,54-,55-/m1/s1. The summed E-state index contributed by atoms with van der Waals surface area (Å²) in [5, 5.41) is 0. The minimum absolute atomic E-state index is 0.000615. The lowest BCUT2D eigenvalue weighted by Crippen LogP contribution is -2.24. The fourth-order valence-corrected chi connectivity index (χ4v) is 12.3.